The van der Waals surface area contributed by atoms with Gasteiger partial charge in [-0.05, 0) is 72.7 Å². The van der Waals surface area contributed by atoms with Crippen LogP contribution in [0.2, 0.25) is 5.02 Å². The Bertz CT molecular complexity index is 1610. The third-order valence-electron chi connectivity index (χ3n) is 6.27. The van der Waals surface area contributed by atoms with Crippen molar-refractivity contribution in [2.45, 2.75) is 6.92 Å². The number of nitrogens with one attached hydrogen (secondary N) is 1. The van der Waals surface area contributed by atoms with Gasteiger partial charge in [0.1, 0.15) is 11.3 Å². The molecule has 0 spiro atoms. The van der Waals surface area contributed by atoms with Crippen molar-refractivity contribution < 1.29 is 23.9 Å². The number of halogens is 1. The summed E-state index contributed by atoms with van der Waals surface area (Å²) >= 11 is 6.12. The molecular formula is C32H24ClN3O5. The van der Waals surface area contributed by atoms with Crippen molar-refractivity contribution in [3.63, 3.8) is 0 Å². The van der Waals surface area contributed by atoms with Crippen molar-refractivity contribution in [2.75, 3.05) is 21.7 Å². The van der Waals surface area contributed by atoms with Crippen molar-refractivity contribution in [3.05, 3.63) is 125 Å². The second kappa shape index (κ2) is 11.9. The quantitative estimate of drug-likeness (QED) is 0.211. The zero-order valence-electron chi connectivity index (χ0n) is 21.9. The molecule has 9 heteroatoms. The number of imide groups is 2. The lowest BCUT2D eigenvalue weighted by Gasteiger charge is -2.33. The highest BCUT2D eigenvalue weighted by molar-refractivity contribution is 6.46. The van der Waals surface area contributed by atoms with Crippen LogP contribution in [0, 0.1) is 6.92 Å². The summed E-state index contributed by atoms with van der Waals surface area (Å²) in [6.07, 6.45) is 1.41. The van der Waals surface area contributed by atoms with Crippen molar-refractivity contribution in [1.29, 1.82) is 0 Å². The third kappa shape index (κ3) is 6.03. The van der Waals surface area contributed by atoms with Gasteiger partial charge < -0.3 is 10.1 Å². The van der Waals surface area contributed by atoms with E-state index in [1.165, 1.54) is 6.08 Å². The van der Waals surface area contributed by atoms with E-state index in [4.69, 9.17) is 16.3 Å². The molecule has 1 fully saturated rings. The van der Waals surface area contributed by atoms with Gasteiger partial charge in [0.25, 0.3) is 17.7 Å². The molecule has 41 heavy (non-hydrogen) atoms. The molecule has 8 nitrogen and oxygen atoms in total. The molecular weight excluding hydrogens is 542 g/mol. The number of aryl methyl sites for hydroxylation is 1. The van der Waals surface area contributed by atoms with Crippen LogP contribution in [0.5, 0.6) is 5.75 Å². The van der Waals surface area contributed by atoms with E-state index >= 15 is 0 Å². The lowest BCUT2D eigenvalue weighted by molar-refractivity contribution is -0.121. The van der Waals surface area contributed by atoms with Crippen molar-refractivity contribution in [1.82, 2.24) is 0 Å². The average molecular weight is 566 g/mol. The fraction of sp³-hybridized carbons (Fsp3) is 0.0625. The number of rotatable bonds is 7. The smallest absolute Gasteiger partial charge is 0.343 e. The second-order valence-electron chi connectivity index (χ2n) is 9.17. The minimum Gasteiger partial charge on any atom is -0.484 e. The Morgan fingerprint density at radius 2 is 1.41 bits per heavy atom. The molecule has 1 heterocycles. The number of ether oxygens (including phenoxy) is 1. The molecule has 5 rings (SSSR count). The minimum absolute atomic E-state index is 0.205. The summed E-state index contributed by atoms with van der Waals surface area (Å²) in [6.45, 7) is 1.59. The summed E-state index contributed by atoms with van der Waals surface area (Å²) in [4.78, 5) is 54.9. The number of amides is 5. The maximum Gasteiger partial charge on any atom is 0.343 e. The predicted molar refractivity (Wildman–Crippen MR) is 158 cm³/mol. The number of anilines is 3. The highest BCUT2D eigenvalue weighted by atomic mass is 35.5. The fourth-order valence-corrected chi connectivity index (χ4v) is 4.40. The van der Waals surface area contributed by atoms with Gasteiger partial charge in [-0.15, -0.1) is 0 Å². The van der Waals surface area contributed by atoms with Crippen LogP contribution in [-0.4, -0.2) is 30.4 Å². The summed E-state index contributed by atoms with van der Waals surface area (Å²) in [5.41, 5.74) is 2.37. The summed E-state index contributed by atoms with van der Waals surface area (Å²) in [6, 6.07) is 27.9. The van der Waals surface area contributed by atoms with Gasteiger partial charge in [-0.1, -0.05) is 66.2 Å². The van der Waals surface area contributed by atoms with Crippen LogP contribution < -0.4 is 19.9 Å². The molecule has 0 atom stereocenters. The Hall–Kier alpha value is -5.21. The van der Waals surface area contributed by atoms with Gasteiger partial charge in [-0.2, -0.15) is 0 Å². The van der Waals surface area contributed by atoms with E-state index in [1.54, 1.807) is 103 Å². The van der Waals surface area contributed by atoms with E-state index in [0.29, 0.717) is 33.4 Å². The Labute approximate surface area is 241 Å². The first kappa shape index (κ1) is 27.4. The molecule has 0 saturated carbocycles. The maximum atomic E-state index is 13.5. The predicted octanol–water partition coefficient (Wildman–Crippen LogP) is 6.25. The minimum atomic E-state index is -0.771. The molecule has 4 aromatic rings. The Kier molecular flexibility index (Phi) is 7.94. The number of para-hydroxylation sites is 2. The number of carbonyl (C=O) groups is 4. The van der Waals surface area contributed by atoms with Crippen molar-refractivity contribution >= 4 is 58.5 Å². The first-order valence-electron chi connectivity index (χ1n) is 12.7. The van der Waals surface area contributed by atoms with E-state index in [9.17, 15) is 19.2 Å². The largest absolute Gasteiger partial charge is 0.484 e. The summed E-state index contributed by atoms with van der Waals surface area (Å²) in [5, 5.41) is 3.26. The Morgan fingerprint density at radius 3 is 2.00 bits per heavy atom. The van der Waals surface area contributed by atoms with E-state index in [2.05, 4.69) is 5.32 Å². The van der Waals surface area contributed by atoms with Crippen molar-refractivity contribution in [3.8, 4) is 5.75 Å². The van der Waals surface area contributed by atoms with E-state index in [0.717, 1.165) is 15.4 Å². The lowest BCUT2D eigenvalue weighted by Crippen LogP contribution is -2.57. The standard InChI is InChI=1S/C32H24ClN3O5/c1-21-15-16-23(19-28(21)33)34-29(37)20-41-26-14-8-9-22(17-26)18-27-30(38)35(24-10-4-2-5-11-24)32(40)36(31(27)39)25-12-6-3-7-13-25/h2-19H,20H2,1H3,(H,34,37). The maximum absolute atomic E-state index is 13.5. The van der Waals surface area contributed by atoms with E-state index in [1.807, 2.05) is 6.92 Å². The fourth-order valence-electron chi connectivity index (χ4n) is 4.22. The van der Waals surface area contributed by atoms with Gasteiger partial charge in [0.2, 0.25) is 0 Å². The Balaban J connectivity index is 1.40. The number of barbiturate groups is 1. The number of urea groups is 1. The first-order valence-corrected chi connectivity index (χ1v) is 13.0. The van der Waals surface area contributed by atoms with Crippen LogP contribution in [0.15, 0.2) is 109 Å². The van der Waals surface area contributed by atoms with Crippen LogP contribution in [0.3, 0.4) is 0 Å². The number of hydrogen-bond acceptors (Lipinski definition) is 5. The second-order valence-corrected chi connectivity index (χ2v) is 9.57. The Morgan fingerprint density at radius 1 is 0.805 bits per heavy atom. The van der Waals surface area contributed by atoms with Gasteiger partial charge in [0.15, 0.2) is 6.61 Å². The zero-order valence-corrected chi connectivity index (χ0v) is 22.7. The summed E-state index contributed by atoms with van der Waals surface area (Å²) < 4.78 is 5.66. The molecule has 0 aromatic heterocycles. The molecule has 0 aliphatic carbocycles. The molecule has 1 N–H and O–H groups in total. The third-order valence-corrected chi connectivity index (χ3v) is 6.68. The molecule has 4 aromatic carbocycles. The molecule has 1 aliphatic rings. The zero-order chi connectivity index (χ0) is 28.9. The lowest BCUT2D eigenvalue weighted by atomic mass is 10.0. The molecule has 0 bridgehead atoms. The van der Waals surface area contributed by atoms with Crippen LogP contribution >= 0.6 is 11.6 Å². The molecule has 0 radical (unpaired) electrons. The topological polar surface area (TPSA) is 96.0 Å². The van der Waals surface area contributed by atoms with Crippen LogP contribution in [-0.2, 0) is 14.4 Å². The molecule has 1 aliphatic heterocycles. The number of carbonyl (C=O) groups excluding carboxylic acids is 4. The summed E-state index contributed by atoms with van der Waals surface area (Å²) in [7, 11) is 0. The van der Waals surface area contributed by atoms with Crippen LogP contribution in [0.25, 0.3) is 6.08 Å². The monoisotopic (exact) mass is 565 g/mol. The highest BCUT2D eigenvalue weighted by Crippen LogP contribution is 2.30. The van der Waals surface area contributed by atoms with Crippen LogP contribution in [0.4, 0.5) is 21.9 Å². The van der Waals surface area contributed by atoms with Gasteiger partial charge in [0, 0.05) is 10.7 Å². The van der Waals surface area contributed by atoms with Gasteiger partial charge in [-0.25, -0.2) is 14.6 Å². The SMILES string of the molecule is Cc1ccc(NC(=O)COc2cccc(C=C3C(=O)N(c4ccccc4)C(=O)N(c4ccccc4)C3=O)c2)cc1Cl. The number of hydrogen-bond donors (Lipinski definition) is 1. The number of benzene rings is 4. The van der Waals surface area contributed by atoms with E-state index in [-0.39, 0.29) is 18.1 Å². The van der Waals surface area contributed by atoms with E-state index < -0.39 is 17.8 Å². The summed E-state index contributed by atoms with van der Waals surface area (Å²) in [5.74, 6) is -1.54. The van der Waals surface area contributed by atoms with Gasteiger partial charge >= 0.3 is 6.03 Å². The molecule has 0 unspecified atom stereocenters. The molecule has 5 amide bonds. The highest BCUT2D eigenvalue weighted by Gasteiger charge is 2.43. The number of nitrogens with zero attached hydrogens (tertiary/aromatic N) is 2. The van der Waals surface area contributed by atoms with Crippen molar-refractivity contribution in [2.24, 2.45) is 0 Å². The average Bonchev–Trinajstić information content (AvgIpc) is 2.98. The normalized spacial score (nSPS) is 13.3. The van der Waals surface area contributed by atoms with Crippen LogP contribution in [0.1, 0.15) is 11.1 Å². The molecule has 204 valence electrons. The molecule has 1 saturated heterocycles. The van der Waals surface area contributed by atoms with Gasteiger partial charge in [-0.3, -0.25) is 14.4 Å². The first-order chi connectivity index (χ1) is 19.8. The van der Waals surface area contributed by atoms with Gasteiger partial charge in [0.05, 0.1) is 11.4 Å².